The molecule has 0 spiro atoms. The minimum atomic E-state index is 0.379. The van der Waals surface area contributed by atoms with Crippen molar-refractivity contribution in [2.75, 3.05) is 6.54 Å². The van der Waals surface area contributed by atoms with Gasteiger partial charge in [0.25, 0.3) is 0 Å². The maximum Gasteiger partial charge on any atom is 0.0829 e. The Morgan fingerprint density at radius 2 is 2.21 bits per heavy atom. The minimum absolute atomic E-state index is 0.379. The molecule has 0 aromatic carbocycles. The first-order valence-corrected chi connectivity index (χ1v) is 8.45. The van der Waals surface area contributed by atoms with Crippen LogP contribution in [-0.2, 0) is 6.42 Å². The summed E-state index contributed by atoms with van der Waals surface area (Å²) in [5.41, 5.74) is 1.15. The normalized spacial score (nSPS) is 13.1. The van der Waals surface area contributed by atoms with Gasteiger partial charge in [0.15, 0.2) is 0 Å². The average molecular weight is 295 g/mol. The summed E-state index contributed by atoms with van der Waals surface area (Å²) < 4.78 is 4.15. The number of aryl methyl sites for hydroxylation is 1. The molecule has 0 aliphatic carbocycles. The van der Waals surface area contributed by atoms with Crippen molar-refractivity contribution in [2.45, 2.75) is 45.6 Å². The maximum absolute atomic E-state index is 4.29. The zero-order valence-corrected chi connectivity index (χ0v) is 13.4. The Bertz CT molecular complexity index is 477. The number of nitrogens with zero attached hydrogens (tertiary/aromatic N) is 2. The zero-order valence-electron chi connectivity index (χ0n) is 11.7. The van der Waals surface area contributed by atoms with E-state index in [1.54, 1.807) is 11.5 Å². The van der Waals surface area contributed by atoms with Gasteiger partial charge < -0.3 is 5.32 Å². The van der Waals surface area contributed by atoms with E-state index >= 15 is 0 Å². The van der Waals surface area contributed by atoms with Crippen molar-refractivity contribution in [3.05, 3.63) is 33.0 Å². The van der Waals surface area contributed by atoms with Gasteiger partial charge in [0, 0.05) is 10.9 Å². The van der Waals surface area contributed by atoms with Crippen LogP contribution < -0.4 is 5.32 Å². The molecule has 2 aromatic rings. The van der Waals surface area contributed by atoms with Crippen LogP contribution >= 0.6 is 22.9 Å². The summed E-state index contributed by atoms with van der Waals surface area (Å²) in [6, 6.07) is 4.71. The molecule has 2 heterocycles. The van der Waals surface area contributed by atoms with Crippen LogP contribution in [0, 0.1) is 0 Å². The third-order valence-corrected chi connectivity index (χ3v) is 4.90. The predicted octanol–water partition coefficient (Wildman–Crippen LogP) is 4.01. The summed E-state index contributed by atoms with van der Waals surface area (Å²) in [6.07, 6.45) is 2.22. The second-order valence-corrected chi connectivity index (χ2v) is 6.72. The second kappa shape index (κ2) is 7.12. The van der Waals surface area contributed by atoms with Gasteiger partial charge in [0.2, 0.25) is 0 Å². The smallest absolute Gasteiger partial charge is 0.0829 e. The van der Waals surface area contributed by atoms with Gasteiger partial charge in [-0.2, -0.15) is 0 Å². The molecule has 0 saturated heterocycles. The summed E-state index contributed by atoms with van der Waals surface area (Å²) in [6.45, 7) is 7.50. The largest absolute Gasteiger partial charge is 0.309 e. The van der Waals surface area contributed by atoms with E-state index in [0.717, 1.165) is 25.1 Å². The molecule has 0 bridgehead atoms. The van der Waals surface area contributed by atoms with Gasteiger partial charge in [-0.1, -0.05) is 31.3 Å². The molecule has 0 aliphatic rings. The van der Waals surface area contributed by atoms with E-state index in [-0.39, 0.29) is 0 Å². The molecule has 19 heavy (non-hydrogen) atoms. The number of nitrogens with one attached hydrogen (secondary N) is 1. The Labute approximate surface area is 123 Å². The molecule has 1 unspecified atom stereocenters. The standard InChI is InChI=1S/C14H21N3S2/c1-4-15-12(8-7-11-6-5-9-18-11)14-13(10(2)3)16-17-19-14/h5-6,9-10,12,15H,4,7-8H2,1-3H3. The Kier molecular flexibility index (Phi) is 5.48. The van der Waals surface area contributed by atoms with Gasteiger partial charge in [0.1, 0.15) is 0 Å². The fourth-order valence-corrected chi connectivity index (χ4v) is 3.80. The number of hydrogen-bond donors (Lipinski definition) is 1. The van der Waals surface area contributed by atoms with Crippen molar-refractivity contribution in [3.63, 3.8) is 0 Å². The fraction of sp³-hybridized carbons (Fsp3) is 0.571. The highest BCUT2D eigenvalue weighted by Crippen LogP contribution is 2.29. The van der Waals surface area contributed by atoms with Crippen LogP contribution in [0.5, 0.6) is 0 Å². The van der Waals surface area contributed by atoms with Crippen molar-refractivity contribution in [1.29, 1.82) is 0 Å². The van der Waals surface area contributed by atoms with Crippen LogP contribution in [0.4, 0.5) is 0 Å². The highest BCUT2D eigenvalue weighted by atomic mass is 32.1. The van der Waals surface area contributed by atoms with Crippen molar-refractivity contribution < 1.29 is 0 Å². The Morgan fingerprint density at radius 1 is 1.37 bits per heavy atom. The molecule has 104 valence electrons. The van der Waals surface area contributed by atoms with Crippen LogP contribution in [0.2, 0.25) is 0 Å². The molecule has 2 aromatic heterocycles. The summed E-state index contributed by atoms with van der Waals surface area (Å²) in [4.78, 5) is 2.76. The van der Waals surface area contributed by atoms with Crippen molar-refractivity contribution in [3.8, 4) is 0 Å². The SMILES string of the molecule is CCNC(CCc1cccs1)c1snnc1C(C)C. The van der Waals surface area contributed by atoms with Gasteiger partial charge in [-0.25, -0.2) is 0 Å². The molecule has 0 saturated carbocycles. The molecular formula is C14H21N3S2. The molecular weight excluding hydrogens is 274 g/mol. The lowest BCUT2D eigenvalue weighted by molar-refractivity contribution is 0.517. The lowest BCUT2D eigenvalue weighted by Gasteiger charge is -2.17. The van der Waals surface area contributed by atoms with Crippen molar-refractivity contribution in [2.24, 2.45) is 0 Å². The monoisotopic (exact) mass is 295 g/mol. The number of hydrogen-bond acceptors (Lipinski definition) is 5. The first kappa shape index (κ1) is 14.6. The van der Waals surface area contributed by atoms with E-state index in [2.05, 4.69) is 53.2 Å². The molecule has 3 nitrogen and oxygen atoms in total. The summed E-state index contributed by atoms with van der Waals surface area (Å²) in [7, 11) is 0. The van der Waals surface area contributed by atoms with E-state index in [1.165, 1.54) is 9.75 Å². The summed E-state index contributed by atoms with van der Waals surface area (Å²) in [5, 5.41) is 10.0. The Hall–Kier alpha value is -0.780. The number of aromatic nitrogens is 2. The predicted molar refractivity (Wildman–Crippen MR) is 83.1 cm³/mol. The van der Waals surface area contributed by atoms with Crippen molar-refractivity contribution >= 4 is 22.9 Å². The fourth-order valence-electron chi connectivity index (χ4n) is 2.16. The molecule has 2 rings (SSSR count). The van der Waals surface area contributed by atoms with Crippen LogP contribution in [0.1, 0.15) is 54.6 Å². The quantitative estimate of drug-likeness (QED) is 0.839. The van der Waals surface area contributed by atoms with E-state index in [4.69, 9.17) is 0 Å². The molecule has 0 amide bonds. The highest BCUT2D eigenvalue weighted by Gasteiger charge is 2.20. The molecule has 0 fully saturated rings. The van der Waals surface area contributed by atoms with E-state index in [9.17, 15) is 0 Å². The molecule has 0 radical (unpaired) electrons. The molecule has 1 N–H and O–H groups in total. The molecule has 5 heteroatoms. The highest BCUT2D eigenvalue weighted by molar-refractivity contribution is 7.09. The van der Waals surface area contributed by atoms with E-state index in [1.807, 2.05) is 11.3 Å². The first-order chi connectivity index (χ1) is 9.22. The summed E-state index contributed by atoms with van der Waals surface area (Å²) >= 11 is 3.38. The Balaban J connectivity index is 2.08. The second-order valence-electron chi connectivity index (χ2n) is 4.91. The first-order valence-electron chi connectivity index (χ1n) is 6.80. The Morgan fingerprint density at radius 3 is 2.84 bits per heavy atom. The summed E-state index contributed by atoms with van der Waals surface area (Å²) in [5.74, 6) is 0.441. The van der Waals surface area contributed by atoms with Gasteiger partial charge in [0.05, 0.1) is 10.6 Å². The van der Waals surface area contributed by atoms with Crippen LogP contribution in [0.15, 0.2) is 17.5 Å². The molecule has 1 atom stereocenters. The maximum atomic E-state index is 4.29. The topological polar surface area (TPSA) is 37.8 Å². The number of thiophene rings is 1. The van der Waals surface area contributed by atoms with E-state index in [0.29, 0.717) is 12.0 Å². The van der Waals surface area contributed by atoms with Gasteiger partial charge in [-0.3, -0.25) is 0 Å². The minimum Gasteiger partial charge on any atom is -0.309 e. The number of rotatable bonds is 7. The zero-order chi connectivity index (χ0) is 13.7. The van der Waals surface area contributed by atoms with Crippen molar-refractivity contribution in [1.82, 2.24) is 14.9 Å². The average Bonchev–Trinajstić information content (AvgIpc) is 3.05. The lowest BCUT2D eigenvalue weighted by Crippen LogP contribution is -2.21. The van der Waals surface area contributed by atoms with Crippen LogP contribution in [-0.4, -0.2) is 16.1 Å². The van der Waals surface area contributed by atoms with Gasteiger partial charge in [-0.15, -0.1) is 16.4 Å². The van der Waals surface area contributed by atoms with Crippen LogP contribution in [0.25, 0.3) is 0 Å². The third kappa shape index (κ3) is 3.84. The third-order valence-electron chi connectivity index (χ3n) is 3.11. The van der Waals surface area contributed by atoms with Gasteiger partial charge in [-0.05, 0) is 48.3 Å². The molecule has 0 aliphatic heterocycles. The van der Waals surface area contributed by atoms with Crippen LogP contribution in [0.3, 0.4) is 0 Å². The van der Waals surface area contributed by atoms with Gasteiger partial charge >= 0.3 is 0 Å². The van der Waals surface area contributed by atoms with E-state index < -0.39 is 0 Å². The lowest BCUT2D eigenvalue weighted by atomic mass is 10.0.